The zero-order chi connectivity index (χ0) is 79.2. The number of aryl methyl sites for hydroxylation is 13. The number of fused-ring (bicyclic) bond motifs is 4. The maximum Gasteiger partial charge on any atom is 0.267 e. The number of halogens is 2. The Balaban J connectivity index is 0.000000137. The van der Waals surface area contributed by atoms with E-state index >= 15 is 0 Å². The van der Waals surface area contributed by atoms with Gasteiger partial charge in [-0.2, -0.15) is 35.7 Å². The molecular weight excluding hydrogens is 1420 g/mol. The van der Waals surface area contributed by atoms with Gasteiger partial charge in [-0.1, -0.05) is 13.8 Å². The van der Waals surface area contributed by atoms with Gasteiger partial charge in [0.05, 0.1) is 81.0 Å². The van der Waals surface area contributed by atoms with E-state index in [4.69, 9.17) is 43.6 Å². The number of hydrogen-bond acceptors (Lipinski definition) is 21. The summed E-state index contributed by atoms with van der Waals surface area (Å²) in [6, 6.07) is 10.4. The van der Waals surface area contributed by atoms with Gasteiger partial charge in [-0.25, -0.2) is 48.7 Å². The highest BCUT2D eigenvalue weighted by molar-refractivity contribution is 6.08. The summed E-state index contributed by atoms with van der Waals surface area (Å²) >= 11 is 0. The number of aromatic nitrogens is 26. The third-order valence-corrected chi connectivity index (χ3v) is 17.7. The molecule has 15 aromatic heterocycles. The zero-order valence-electron chi connectivity index (χ0n) is 63.0. The molecule has 0 aliphatic carbocycles. The molecule has 0 saturated carbocycles. The Hall–Kier alpha value is -14.1. The van der Waals surface area contributed by atoms with Crippen molar-refractivity contribution in [3.05, 3.63) is 150 Å². The molecule has 0 saturated heterocycles. The second-order valence-electron chi connectivity index (χ2n) is 26.3. The summed E-state index contributed by atoms with van der Waals surface area (Å²) in [4.78, 5) is 87.5. The average Bonchev–Trinajstić information content (AvgIpc) is 1.64. The lowest BCUT2D eigenvalue weighted by molar-refractivity contribution is 0.0327. The van der Waals surface area contributed by atoms with E-state index in [0.717, 1.165) is 104 Å². The summed E-state index contributed by atoms with van der Waals surface area (Å²) in [6.07, 6.45) is 21.2. The minimum absolute atomic E-state index is 0.0582. The van der Waals surface area contributed by atoms with Crippen LogP contribution in [-0.2, 0) is 83.4 Å². The van der Waals surface area contributed by atoms with Crippen molar-refractivity contribution in [1.82, 2.24) is 127 Å². The van der Waals surface area contributed by atoms with Crippen LogP contribution < -0.4 is 28.7 Å². The monoisotopic (exact) mass is 1490 g/mol. The lowest BCUT2D eigenvalue weighted by atomic mass is 10.1. The second kappa shape index (κ2) is 30.0. The molecule has 0 radical (unpaired) electrons. The number of amides is 4. The molecule has 15 heterocycles. The molecule has 15 rings (SSSR count). The first-order valence-corrected chi connectivity index (χ1v) is 34.3. The van der Waals surface area contributed by atoms with Crippen molar-refractivity contribution < 1.29 is 28.0 Å². The maximum atomic E-state index is 13.3. The van der Waals surface area contributed by atoms with Crippen molar-refractivity contribution >= 4 is 73.0 Å². The highest BCUT2D eigenvalue weighted by atomic mass is 19.3. The van der Waals surface area contributed by atoms with Crippen molar-refractivity contribution in [2.45, 2.75) is 59.9 Å². The van der Waals surface area contributed by atoms with Crippen molar-refractivity contribution in [1.29, 1.82) is 0 Å². The van der Waals surface area contributed by atoms with Gasteiger partial charge < -0.3 is 46.9 Å². The van der Waals surface area contributed by atoms with Gasteiger partial charge in [0.25, 0.3) is 29.6 Å². The number of hydrogen-bond donors (Lipinski definition) is 5. The Labute approximate surface area is 625 Å². The van der Waals surface area contributed by atoms with E-state index in [-0.39, 0.29) is 28.5 Å². The third kappa shape index (κ3) is 15.2. The van der Waals surface area contributed by atoms with Crippen LogP contribution in [0.3, 0.4) is 0 Å². The molecule has 566 valence electrons. The summed E-state index contributed by atoms with van der Waals surface area (Å²) in [5, 5.41) is 33.3. The lowest BCUT2D eigenvalue weighted by Gasteiger charge is -2.07. The van der Waals surface area contributed by atoms with Crippen LogP contribution in [0.5, 0.6) is 0 Å². The molecule has 0 fully saturated rings. The van der Waals surface area contributed by atoms with Gasteiger partial charge in [-0.3, -0.25) is 56.9 Å². The molecule has 15 aromatic rings. The fraction of sp³-hybridized carbons (Fsp3) is 0.278. The average molecular weight is 1500 g/mol. The summed E-state index contributed by atoms with van der Waals surface area (Å²) in [5.41, 5.74) is 41.3. The summed E-state index contributed by atoms with van der Waals surface area (Å²) in [5.74, 6) is -3.14. The number of allylic oxidation sites excluding steroid dienone is 2. The van der Waals surface area contributed by atoms with E-state index < -0.39 is 36.1 Å². The van der Waals surface area contributed by atoms with Crippen LogP contribution in [0.4, 0.5) is 8.78 Å². The minimum Gasteiger partial charge on any atom is -0.402 e. The van der Waals surface area contributed by atoms with Gasteiger partial charge in [0.15, 0.2) is 23.3 Å². The van der Waals surface area contributed by atoms with Gasteiger partial charge in [0, 0.05) is 154 Å². The first-order chi connectivity index (χ1) is 52.2. The maximum absolute atomic E-state index is 13.3. The quantitative estimate of drug-likeness (QED) is 0.0604. The Bertz CT molecular complexity index is 6160. The summed E-state index contributed by atoms with van der Waals surface area (Å²) < 4.78 is 46.1. The molecule has 10 N–H and O–H groups in total. The third-order valence-electron chi connectivity index (χ3n) is 17.7. The number of imidazole rings is 4. The molecule has 4 amide bonds. The van der Waals surface area contributed by atoms with E-state index in [9.17, 15) is 28.0 Å². The van der Waals surface area contributed by atoms with Gasteiger partial charge in [-0.15, -0.1) is 0 Å². The number of alkyl halides is 2. The number of pyridine rings is 4. The van der Waals surface area contributed by atoms with E-state index in [0.29, 0.717) is 68.4 Å². The number of carbonyl (C=O) groups excluding carboxylic acids is 4. The normalized spacial score (nSPS) is 11.9. The largest absolute Gasteiger partial charge is 0.402 e. The van der Waals surface area contributed by atoms with E-state index in [2.05, 4.69) is 79.5 Å². The standard InChI is InChI=1S/C19H22F2N8O.2C18H20N8O.C17H18N8O/c1-10(22)5-12(24-9-19(2,20)21)14-8-28(3)18(27-14)16-11-7-25-29(4)15(11)6-13(26-16)17(23)30;1-5-12-11(8-25(3)23-12)14-9-24(2)18(22-14)16-10-7-20-26(4)15(10)6-13(21-16)17(19)27;1-4-7-26-14(5-6-20-26)13-10-24(2)18(23-13)16-11-9-21-25(3)15(11)8-12(22-16)17(19)27;1-9-5-14(25(4)22-9)12-8-23(2)17(21-12)15-10-7-19-24(3)13(10)6-11(20-15)16(18)26/h5-8H,9,22H2,1-4H3,(H2,23,30);6-9H,5H2,1-4H3,(H2,19,27);5-6,8-10H,4,7H2,1-3H3,(H2,19,27);5-8H,1-4H3,(H2,18,26). The number of nitrogens with two attached hydrogens (primary N) is 5. The van der Waals surface area contributed by atoms with Crippen LogP contribution in [0, 0.1) is 6.92 Å². The number of aliphatic imine (C=N–C) groups is 1. The second-order valence-corrected chi connectivity index (χ2v) is 26.3. The van der Waals surface area contributed by atoms with Crippen LogP contribution in [0.2, 0.25) is 0 Å². The van der Waals surface area contributed by atoms with Crippen LogP contribution >= 0.6 is 0 Å². The predicted molar refractivity (Wildman–Crippen MR) is 407 cm³/mol. The number of primary amides is 4. The highest BCUT2D eigenvalue weighted by Crippen LogP contribution is 2.35. The summed E-state index contributed by atoms with van der Waals surface area (Å²) in [7, 11) is 18.3. The van der Waals surface area contributed by atoms with Crippen molar-refractivity contribution in [3.8, 4) is 80.1 Å². The van der Waals surface area contributed by atoms with Crippen molar-refractivity contribution in [2.75, 3.05) is 6.54 Å². The first kappa shape index (κ1) is 75.6. The van der Waals surface area contributed by atoms with Crippen molar-refractivity contribution in [3.63, 3.8) is 0 Å². The highest BCUT2D eigenvalue weighted by Gasteiger charge is 2.27. The molecule has 0 aliphatic heterocycles. The van der Waals surface area contributed by atoms with E-state index in [1.807, 2.05) is 112 Å². The molecule has 110 heavy (non-hydrogen) atoms. The smallest absolute Gasteiger partial charge is 0.267 e. The Morgan fingerprint density at radius 3 is 1.25 bits per heavy atom. The summed E-state index contributed by atoms with van der Waals surface area (Å²) in [6.45, 7) is 8.62. The van der Waals surface area contributed by atoms with Gasteiger partial charge in [0.1, 0.15) is 69.2 Å². The fourth-order valence-corrected chi connectivity index (χ4v) is 12.4. The van der Waals surface area contributed by atoms with Crippen LogP contribution in [0.25, 0.3) is 124 Å². The Morgan fingerprint density at radius 2 is 0.873 bits per heavy atom. The van der Waals surface area contributed by atoms with Crippen LogP contribution in [0.15, 0.2) is 115 Å². The molecular formula is C72H80F2N32O4. The molecule has 36 nitrogen and oxygen atoms in total. The topological polar surface area (TPSA) is 458 Å². The molecule has 0 bridgehead atoms. The van der Waals surface area contributed by atoms with Crippen molar-refractivity contribution in [2.24, 2.45) is 104 Å². The van der Waals surface area contributed by atoms with Crippen LogP contribution in [0.1, 0.15) is 93.2 Å². The van der Waals surface area contributed by atoms with E-state index in [1.54, 1.807) is 122 Å². The first-order valence-electron chi connectivity index (χ1n) is 34.3. The molecule has 0 unspecified atom stereocenters. The molecule has 0 aromatic carbocycles. The lowest BCUT2D eigenvalue weighted by Crippen LogP contribution is -2.16. The SMILES string of the molecule is CC(N)=CC(=NCC(C)(F)F)c1cn(C)c(-c2nc(C(N)=O)cc3c2cnn3C)n1.CCCn1nccc1-c1cn(C)c(-c2nc(C(N)=O)cc3c2cnn3C)n1.CCc1nn(C)cc1-c1cn(C)c(-c2nc(C(N)=O)cc3c2cnn3C)n1.Cc1cc(-c2cn(C)c(-c3nc(C(N)=O)cc4c3cnn4C)n2)n(C)n1. The Kier molecular flexibility index (Phi) is 20.6. The Morgan fingerprint density at radius 1 is 0.482 bits per heavy atom. The zero-order valence-corrected chi connectivity index (χ0v) is 63.0. The number of nitrogens with zero attached hydrogens (tertiary/aromatic N) is 27. The van der Waals surface area contributed by atoms with Gasteiger partial charge in [0.2, 0.25) is 0 Å². The molecule has 0 atom stereocenters. The number of rotatable bonds is 18. The predicted octanol–water partition coefficient (Wildman–Crippen LogP) is 6.12. The van der Waals surface area contributed by atoms with Crippen LogP contribution in [-0.4, -0.2) is 168 Å². The minimum atomic E-state index is -2.97. The van der Waals surface area contributed by atoms with Gasteiger partial charge in [-0.05, 0) is 69.2 Å². The van der Waals surface area contributed by atoms with E-state index in [1.165, 1.54) is 6.08 Å². The molecule has 38 heteroatoms. The fourth-order valence-electron chi connectivity index (χ4n) is 12.4. The number of carbonyl (C=O) groups is 4. The molecule has 0 spiro atoms. The molecule has 0 aliphatic rings. The van der Waals surface area contributed by atoms with Gasteiger partial charge >= 0.3 is 0 Å².